The Kier molecular flexibility index (Phi) is 6.03. The monoisotopic (exact) mass is 377 g/mol. The summed E-state index contributed by atoms with van der Waals surface area (Å²) in [5.41, 5.74) is 0.511. The van der Waals surface area contributed by atoms with Crippen molar-refractivity contribution in [2.24, 2.45) is 0 Å². The second kappa shape index (κ2) is 7.87. The first-order chi connectivity index (χ1) is 12.0. The highest BCUT2D eigenvalue weighted by Gasteiger charge is 2.17. The van der Waals surface area contributed by atoms with Gasteiger partial charge < -0.3 is 10.4 Å². The first-order valence-electron chi connectivity index (χ1n) is 8.14. The van der Waals surface area contributed by atoms with Crippen LogP contribution in [-0.2, 0) is 17.6 Å². The van der Waals surface area contributed by atoms with E-state index in [0.717, 1.165) is 6.07 Å². The molecule has 2 rings (SSSR count). The average Bonchev–Trinajstić information content (AvgIpc) is 2.48. The van der Waals surface area contributed by atoms with Crippen molar-refractivity contribution in [3.8, 4) is 5.75 Å². The lowest BCUT2D eigenvalue weighted by Gasteiger charge is -2.20. The first kappa shape index (κ1) is 19.9. The summed E-state index contributed by atoms with van der Waals surface area (Å²) in [5.74, 6) is -1.24. The molecule has 2 aromatic carbocycles. The van der Waals surface area contributed by atoms with Gasteiger partial charge >= 0.3 is 0 Å². The molecule has 4 nitrogen and oxygen atoms in total. The molecule has 0 aliphatic heterocycles. The molecule has 2 N–H and O–H groups in total. The van der Waals surface area contributed by atoms with Gasteiger partial charge in [0.15, 0.2) is 0 Å². The number of Topliss-reactive ketones (excluding diaryl/α,β-unsaturated/α-hetero) is 1. The quantitative estimate of drug-likeness (QED) is 0.825. The molecule has 6 heteroatoms. The molecule has 138 valence electrons. The van der Waals surface area contributed by atoms with E-state index in [9.17, 15) is 19.1 Å². The van der Waals surface area contributed by atoms with Crippen LogP contribution in [0.5, 0.6) is 5.75 Å². The van der Waals surface area contributed by atoms with Crippen molar-refractivity contribution in [1.29, 1.82) is 0 Å². The van der Waals surface area contributed by atoms with Gasteiger partial charge in [-0.1, -0.05) is 11.6 Å². The minimum atomic E-state index is -0.583. The van der Waals surface area contributed by atoms with E-state index in [1.165, 1.54) is 30.3 Å². The van der Waals surface area contributed by atoms with Gasteiger partial charge in [0.25, 0.3) is 5.91 Å². The number of phenolic OH excluding ortho intramolecular Hbond substituents is 1. The van der Waals surface area contributed by atoms with Crippen LogP contribution in [0.25, 0.3) is 0 Å². The van der Waals surface area contributed by atoms with Crippen molar-refractivity contribution in [2.75, 3.05) is 0 Å². The fourth-order valence-corrected chi connectivity index (χ4v) is 2.69. The summed E-state index contributed by atoms with van der Waals surface area (Å²) in [6, 6.07) is 8.32. The molecule has 0 bridgehead atoms. The Hall–Kier alpha value is -2.40. The third-order valence-electron chi connectivity index (χ3n) is 3.54. The number of halogens is 2. The fraction of sp³-hybridized carbons (Fsp3) is 0.300. The Bertz CT molecular complexity index is 843. The summed E-state index contributed by atoms with van der Waals surface area (Å²) < 4.78 is 13.9. The molecule has 0 unspecified atom stereocenters. The first-order valence-corrected chi connectivity index (χ1v) is 8.52. The maximum atomic E-state index is 13.9. The van der Waals surface area contributed by atoms with E-state index in [-0.39, 0.29) is 29.9 Å². The van der Waals surface area contributed by atoms with Crippen molar-refractivity contribution < 1.29 is 19.1 Å². The number of carbonyl (C=O) groups excluding carboxylic acids is 2. The van der Waals surface area contributed by atoms with Crippen molar-refractivity contribution in [3.63, 3.8) is 0 Å². The van der Waals surface area contributed by atoms with Crippen LogP contribution in [-0.4, -0.2) is 22.3 Å². The van der Waals surface area contributed by atoms with E-state index in [1.807, 2.05) is 20.8 Å². The van der Waals surface area contributed by atoms with Gasteiger partial charge in [0.1, 0.15) is 17.3 Å². The Labute approximate surface area is 157 Å². The number of nitrogens with one attached hydrogen (secondary N) is 1. The maximum absolute atomic E-state index is 13.9. The summed E-state index contributed by atoms with van der Waals surface area (Å²) in [6.45, 7) is 5.48. The molecule has 0 fully saturated rings. The van der Waals surface area contributed by atoms with Gasteiger partial charge in [-0.15, -0.1) is 0 Å². The number of rotatable bonds is 5. The van der Waals surface area contributed by atoms with Gasteiger partial charge in [0.2, 0.25) is 0 Å². The van der Waals surface area contributed by atoms with Crippen LogP contribution in [0.4, 0.5) is 4.39 Å². The molecule has 0 aromatic heterocycles. The van der Waals surface area contributed by atoms with E-state index in [0.29, 0.717) is 16.1 Å². The van der Waals surface area contributed by atoms with Crippen molar-refractivity contribution in [3.05, 3.63) is 63.9 Å². The third kappa shape index (κ3) is 5.85. The number of hydrogen-bond donors (Lipinski definition) is 2. The van der Waals surface area contributed by atoms with Gasteiger partial charge in [0, 0.05) is 34.5 Å². The highest BCUT2D eigenvalue weighted by Crippen LogP contribution is 2.22. The maximum Gasteiger partial charge on any atom is 0.251 e. The summed E-state index contributed by atoms with van der Waals surface area (Å²) >= 11 is 5.87. The van der Waals surface area contributed by atoms with E-state index in [2.05, 4.69) is 5.32 Å². The molecule has 0 saturated heterocycles. The van der Waals surface area contributed by atoms with Crippen LogP contribution >= 0.6 is 11.6 Å². The van der Waals surface area contributed by atoms with Crippen molar-refractivity contribution in [2.45, 2.75) is 39.2 Å². The molecule has 2 aromatic rings. The van der Waals surface area contributed by atoms with Gasteiger partial charge in [0.05, 0.1) is 0 Å². The molecule has 0 radical (unpaired) electrons. The van der Waals surface area contributed by atoms with Gasteiger partial charge in [-0.05, 0) is 62.7 Å². The van der Waals surface area contributed by atoms with E-state index >= 15 is 0 Å². The van der Waals surface area contributed by atoms with Gasteiger partial charge in [-0.3, -0.25) is 9.59 Å². The average molecular weight is 378 g/mol. The van der Waals surface area contributed by atoms with Crippen molar-refractivity contribution in [1.82, 2.24) is 5.32 Å². The Morgan fingerprint density at radius 3 is 2.46 bits per heavy atom. The van der Waals surface area contributed by atoms with Gasteiger partial charge in [-0.25, -0.2) is 4.39 Å². The van der Waals surface area contributed by atoms with Crippen LogP contribution in [0.15, 0.2) is 36.4 Å². The number of amides is 1. The molecule has 0 atom stereocenters. The number of aromatic hydroxyl groups is 1. The molecular formula is C20H21ClFNO3. The predicted octanol–water partition coefficient (Wildman–Crippen LogP) is 4.07. The zero-order valence-corrected chi connectivity index (χ0v) is 15.7. The second-order valence-electron chi connectivity index (χ2n) is 7.22. The van der Waals surface area contributed by atoms with Gasteiger partial charge in [-0.2, -0.15) is 0 Å². The highest BCUT2D eigenvalue weighted by atomic mass is 35.5. The lowest BCUT2D eigenvalue weighted by molar-refractivity contribution is -0.117. The zero-order chi connectivity index (χ0) is 19.5. The molecule has 0 aliphatic carbocycles. The topological polar surface area (TPSA) is 66.4 Å². The molecule has 0 heterocycles. The lowest BCUT2D eigenvalue weighted by Crippen LogP contribution is -2.40. The Morgan fingerprint density at radius 2 is 1.81 bits per heavy atom. The Morgan fingerprint density at radius 1 is 1.12 bits per heavy atom. The fourth-order valence-electron chi connectivity index (χ4n) is 2.49. The van der Waals surface area contributed by atoms with Crippen LogP contribution < -0.4 is 5.32 Å². The number of ketones is 1. The normalized spacial score (nSPS) is 11.3. The van der Waals surface area contributed by atoms with E-state index in [1.54, 1.807) is 0 Å². The van der Waals surface area contributed by atoms with Crippen LogP contribution in [0, 0.1) is 5.82 Å². The molecule has 26 heavy (non-hydrogen) atoms. The molecule has 0 spiro atoms. The number of phenols is 1. The molecular weight excluding hydrogens is 357 g/mol. The second-order valence-corrected chi connectivity index (χ2v) is 7.65. The predicted molar refractivity (Wildman–Crippen MR) is 99.2 cm³/mol. The lowest BCUT2D eigenvalue weighted by atomic mass is 10.00. The smallest absolute Gasteiger partial charge is 0.251 e. The van der Waals surface area contributed by atoms with Crippen molar-refractivity contribution >= 4 is 23.3 Å². The summed E-state index contributed by atoms with van der Waals surface area (Å²) in [5, 5.41) is 13.0. The van der Waals surface area contributed by atoms with Crippen LogP contribution in [0.1, 0.15) is 42.3 Å². The highest BCUT2D eigenvalue weighted by molar-refractivity contribution is 6.30. The third-order valence-corrected chi connectivity index (χ3v) is 3.77. The Balaban J connectivity index is 2.15. The standard InChI is InChI=1S/C20H21ClFNO3/c1-20(2,3)23-19(26)14-6-12(7-16(22)10-14)8-17(24)11-13-9-15(21)4-5-18(13)25/h4-7,9-10,25H,8,11H2,1-3H3,(H,23,26). The zero-order valence-electron chi connectivity index (χ0n) is 14.9. The summed E-state index contributed by atoms with van der Waals surface area (Å²) in [7, 11) is 0. The summed E-state index contributed by atoms with van der Waals surface area (Å²) in [6.07, 6.45) is -0.0913. The minimum Gasteiger partial charge on any atom is -0.508 e. The molecule has 1 amide bonds. The van der Waals surface area contributed by atoms with E-state index < -0.39 is 17.3 Å². The number of benzene rings is 2. The number of carbonyl (C=O) groups is 2. The molecule has 0 saturated carbocycles. The summed E-state index contributed by atoms with van der Waals surface area (Å²) in [4.78, 5) is 24.5. The van der Waals surface area contributed by atoms with Crippen LogP contribution in [0.3, 0.4) is 0 Å². The number of hydrogen-bond acceptors (Lipinski definition) is 3. The van der Waals surface area contributed by atoms with E-state index in [4.69, 9.17) is 11.6 Å². The SMILES string of the molecule is CC(C)(C)NC(=O)c1cc(F)cc(CC(=O)Cc2cc(Cl)ccc2O)c1. The van der Waals surface area contributed by atoms with Crippen LogP contribution in [0.2, 0.25) is 5.02 Å². The largest absolute Gasteiger partial charge is 0.508 e. The molecule has 0 aliphatic rings. The minimum absolute atomic E-state index is 0.0211.